The molecule has 8 heteroatoms. The summed E-state index contributed by atoms with van der Waals surface area (Å²) in [6, 6.07) is 6.57. The van der Waals surface area contributed by atoms with Crippen molar-refractivity contribution < 1.29 is 14.6 Å². The van der Waals surface area contributed by atoms with Crippen molar-refractivity contribution in [3.05, 3.63) is 34.1 Å². The zero-order chi connectivity index (χ0) is 17.7. The van der Waals surface area contributed by atoms with E-state index in [0.717, 1.165) is 0 Å². The summed E-state index contributed by atoms with van der Waals surface area (Å²) >= 11 is 1.26. The van der Waals surface area contributed by atoms with Gasteiger partial charge in [0.2, 0.25) is 0 Å². The molecule has 126 valence electrons. The molecule has 0 unspecified atom stereocenters. The number of aliphatic hydroxyl groups excluding tert-OH is 1. The molecule has 24 heavy (non-hydrogen) atoms. The Hall–Kier alpha value is -2.37. The molecule has 2 aromatic rings. The Kier molecular flexibility index (Phi) is 5.95. The van der Waals surface area contributed by atoms with Crippen molar-refractivity contribution >= 4 is 28.6 Å². The molecule has 1 N–H and O–H groups in total. The van der Waals surface area contributed by atoms with E-state index in [2.05, 4.69) is 9.72 Å². The number of rotatable bonds is 6. The smallest absolute Gasteiger partial charge is 0.337 e. The fourth-order valence-corrected chi connectivity index (χ4v) is 3.02. The molecule has 0 fully saturated rings. The summed E-state index contributed by atoms with van der Waals surface area (Å²) in [7, 11) is 1.28. The number of esters is 1. The molecule has 1 heterocycles. The van der Waals surface area contributed by atoms with Crippen LogP contribution in [0.2, 0.25) is 0 Å². The van der Waals surface area contributed by atoms with Gasteiger partial charge < -0.3 is 9.84 Å². The van der Waals surface area contributed by atoms with Crippen molar-refractivity contribution in [1.82, 2.24) is 9.55 Å². The first-order valence-corrected chi connectivity index (χ1v) is 8.27. The number of benzene rings is 1. The first kappa shape index (κ1) is 18.0. The van der Waals surface area contributed by atoms with E-state index < -0.39 is 12.1 Å². The lowest BCUT2D eigenvalue weighted by Gasteiger charge is -2.14. The molecule has 0 aliphatic rings. The Balaban J connectivity index is 2.58. The van der Waals surface area contributed by atoms with Crippen LogP contribution < -0.4 is 5.56 Å². The van der Waals surface area contributed by atoms with Gasteiger partial charge in [0.25, 0.3) is 5.56 Å². The largest absolute Gasteiger partial charge is 0.465 e. The van der Waals surface area contributed by atoms with Crippen LogP contribution in [-0.2, 0) is 11.3 Å². The van der Waals surface area contributed by atoms with Gasteiger partial charge in [-0.05, 0) is 25.1 Å². The van der Waals surface area contributed by atoms with E-state index in [0.29, 0.717) is 33.8 Å². The van der Waals surface area contributed by atoms with Gasteiger partial charge in [0, 0.05) is 12.2 Å². The van der Waals surface area contributed by atoms with Gasteiger partial charge in [-0.1, -0.05) is 11.8 Å². The maximum absolute atomic E-state index is 12.7. The Bertz CT molecular complexity index is 855. The maximum atomic E-state index is 12.7. The Labute approximate surface area is 142 Å². The predicted octanol–water partition coefficient (Wildman–Crippen LogP) is 1.57. The van der Waals surface area contributed by atoms with Crippen molar-refractivity contribution in [2.75, 3.05) is 12.9 Å². The number of methoxy groups -OCH3 is 1. The second kappa shape index (κ2) is 7.95. The molecule has 0 bridgehead atoms. The van der Waals surface area contributed by atoms with E-state index in [4.69, 9.17) is 5.26 Å². The predicted molar refractivity (Wildman–Crippen MR) is 90.0 cm³/mol. The quantitative estimate of drug-likeness (QED) is 0.366. The van der Waals surface area contributed by atoms with Gasteiger partial charge in [0.05, 0.1) is 42.3 Å². The Morgan fingerprint density at radius 3 is 2.92 bits per heavy atom. The van der Waals surface area contributed by atoms with E-state index in [9.17, 15) is 14.7 Å². The standard InChI is InChI=1S/C16H17N3O4S/c1-10(20)9-19-14(21)12-5-4-11(15(22)23-2)8-13(12)18-16(19)24-7-3-6-17/h4-5,8,10,20H,3,7,9H2,1-2H3/t10-/m0/s1. The first-order valence-electron chi connectivity index (χ1n) is 7.28. The van der Waals surface area contributed by atoms with Crippen LogP contribution in [0.1, 0.15) is 23.7 Å². The summed E-state index contributed by atoms with van der Waals surface area (Å²) in [5.41, 5.74) is 0.388. The number of aromatic nitrogens is 2. The molecular weight excluding hydrogens is 330 g/mol. The Morgan fingerprint density at radius 2 is 2.29 bits per heavy atom. The number of carbonyl (C=O) groups excluding carboxylic acids is 1. The van der Waals surface area contributed by atoms with Crippen LogP contribution in [0.5, 0.6) is 0 Å². The minimum absolute atomic E-state index is 0.107. The molecule has 0 saturated heterocycles. The Morgan fingerprint density at radius 1 is 1.54 bits per heavy atom. The van der Waals surface area contributed by atoms with Crippen LogP contribution in [0.4, 0.5) is 0 Å². The van der Waals surface area contributed by atoms with Crippen LogP contribution in [-0.4, -0.2) is 39.6 Å². The molecule has 7 nitrogen and oxygen atoms in total. The molecule has 0 aliphatic heterocycles. The third kappa shape index (κ3) is 3.93. The van der Waals surface area contributed by atoms with Crippen LogP contribution >= 0.6 is 11.8 Å². The number of fused-ring (bicyclic) bond motifs is 1. The number of ether oxygens (including phenoxy) is 1. The van der Waals surface area contributed by atoms with Gasteiger partial charge in [-0.2, -0.15) is 5.26 Å². The lowest BCUT2D eigenvalue weighted by Crippen LogP contribution is -2.28. The number of thioether (sulfide) groups is 1. The number of nitrogens with zero attached hydrogens (tertiary/aromatic N) is 3. The minimum Gasteiger partial charge on any atom is -0.465 e. The highest BCUT2D eigenvalue weighted by Gasteiger charge is 2.15. The summed E-state index contributed by atoms with van der Waals surface area (Å²) in [4.78, 5) is 28.8. The van der Waals surface area contributed by atoms with Crippen LogP contribution in [0.3, 0.4) is 0 Å². The van der Waals surface area contributed by atoms with Crippen molar-refractivity contribution in [1.29, 1.82) is 5.26 Å². The summed E-state index contributed by atoms with van der Waals surface area (Å²) in [6.45, 7) is 1.69. The molecular formula is C16H17N3O4S. The number of nitriles is 1. The van der Waals surface area contributed by atoms with E-state index in [1.165, 1.54) is 41.6 Å². The second-order valence-corrected chi connectivity index (χ2v) is 6.20. The van der Waals surface area contributed by atoms with Crippen LogP contribution in [0.25, 0.3) is 10.9 Å². The molecule has 0 radical (unpaired) electrons. The second-order valence-electron chi connectivity index (χ2n) is 5.14. The molecule has 1 aromatic carbocycles. The van der Waals surface area contributed by atoms with Crippen molar-refractivity contribution in [2.24, 2.45) is 0 Å². The lowest BCUT2D eigenvalue weighted by atomic mass is 10.1. The average Bonchev–Trinajstić information content (AvgIpc) is 2.56. The fourth-order valence-electron chi connectivity index (χ4n) is 2.17. The van der Waals surface area contributed by atoms with Crippen LogP contribution in [0.15, 0.2) is 28.2 Å². The topological polar surface area (TPSA) is 105 Å². The lowest BCUT2D eigenvalue weighted by molar-refractivity contribution is 0.0601. The number of hydrogen-bond donors (Lipinski definition) is 1. The van der Waals surface area contributed by atoms with E-state index in [1.54, 1.807) is 6.92 Å². The van der Waals surface area contributed by atoms with Gasteiger partial charge >= 0.3 is 5.97 Å². The van der Waals surface area contributed by atoms with E-state index >= 15 is 0 Å². The third-order valence-corrected chi connectivity index (χ3v) is 4.21. The molecule has 0 aliphatic carbocycles. The van der Waals surface area contributed by atoms with Gasteiger partial charge in [-0.15, -0.1) is 0 Å². The molecule has 0 spiro atoms. The fraction of sp³-hybridized carbons (Fsp3) is 0.375. The summed E-state index contributed by atoms with van der Waals surface area (Å²) in [5.74, 6) is -0.0316. The number of aliphatic hydroxyl groups is 1. The summed E-state index contributed by atoms with van der Waals surface area (Å²) < 4.78 is 6.07. The van der Waals surface area contributed by atoms with E-state index in [-0.39, 0.29) is 12.1 Å². The molecule has 1 atom stereocenters. The SMILES string of the molecule is COC(=O)c1ccc2c(=O)n(C[C@H](C)O)c(SCCC#N)nc2c1. The molecule has 0 saturated carbocycles. The van der Waals surface area contributed by atoms with E-state index in [1.807, 2.05) is 6.07 Å². The van der Waals surface area contributed by atoms with Gasteiger partial charge in [0.1, 0.15) is 0 Å². The normalized spacial score (nSPS) is 11.9. The average molecular weight is 347 g/mol. The third-order valence-electron chi connectivity index (χ3n) is 3.23. The zero-order valence-corrected chi connectivity index (χ0v) is 14.2. The van der Waals surface area contributed by atoms with Crippen molar-refractivity contribution in [3.63, 3.8) is 0 Å². The molecule has 0 amide bonds. The maximum Gasteiger partial charge on any atom is 0.337 e. The molecule has 2 rings (SSSR count). The highest BCUT2D eigenvalue weighted by Crippen LogP contribution is 2.20. The van der Waals surface area contributed by atoms with Gasteiger partial charge in [0.15, 0.2) is 5.16 Å². The van der Waals surface area contributed by atoms with Crippen molar-refractivity contribution in [3.8, 4) is 6.07 Å². The van der Waals surface area contributed by atoms with Crippen molar-refractivity contribution in [2.45, 2.75) is 31.1 Å². The van der Waals surface area contributed by atoms with Gasteiger partial charge in [-0.3, -0.25) is 9.36 Å². The summed E-state index contributed by atoms with van der Waals surface area (Å²) in [5, 5.41) is 19.1. The number of carbonyl (C=O) groups is 1. The molecule has 1 aromatic heterocycles. The highest BCUT2D eigenvalue weighted by atomic mass is 32.2. The summed E-state index contributed by atoms with van der Waals surface area (Å²) in [6.07, 6.45) is -0.401. The zero-order valence-electron chi connectivity index (χ0n) is 13.4. The van der Waals surface area contributed by atoms with Gasteiger partial charge in [-0.25, -0.2) is 9.78 Å². The van der Waals surface area contributed by atoms with Crippen LogP contribution in [0, 0.1) is 11.3 Å². The highest BCUT2D eigenvalue weighted by molar-refractivity contribution is 7.99. The first-order chi connectivity index (χ1) is 11.5. The minimum atomic E-state index is -0.716. The monoisotopic (exact) mass is 347 g/mol. The number of hydrogen-bond acceptors (Lipinski definition) is 7.